The zero-order chi connectivity index (χ0) is 19.6. The molecule has 0 aromatic heterocycles. The Morgan fingerprint density at radius 3 is 1.85 bits per heavy atom. The van der Waals surface area contributed by atoms with Gasteiger partial charge in [-0.05, 0) is 30.5 Å². The average molecular weight is 357 g/mol. The van der Waals surface area contributed by atoms with Crippen molar-refractivity contribution in [2.75, 3.05) is 20.0 Å². The third kappa shape index (κ3) is 13.4. The molecule has 140 valence electrons. The molecule has 0 saturated carbocycles. The van der Waals surface area contributed by atoms with Gasteiger partial charge in [0.2, 0.25) is 0 Å². The van der Waals surface area contributed by atoms with E-state index in [1.165, 1.54) is 19.8 Å². The number of nitrogens with two attached hydrogens (primary N) is 1. The standard InChI is InChI=1S/C11H14O2.C6H7N.C4H6O2/c1-13-11(12)9-5-8-10-6-3-2-4-7-10;7-6-4-2-1-3-5-6;1-3-4(5)6-2/h2-4,6-7H,5,8-9H2,1H3;1-5H,7H2;3H,1H2,2H3. The first kappa shape index (κ1) is 22.9. The number of rotatable bonds is 5. The van der Waals surface area contributed by atoms with Crippen molar-refractivity contribution in [3.63, 3.8) is 0 Å². The summed E-state index contributed by atoms with van der Waals surface area (Å²) >= 11 is 0. The van der Waals surface area contributed by atoms with E-state index >= 15 is 0 Å². The molecular weight excluding hydrogens is 330 g/mol. The van der Waals surface area contributed by atoms with Gasteiger partial charge in [0.25, 0.3) is 0 Å². The van der Waals surface area contributed by atoms with Gasteiger partial charge in [-0.3, -0.25) is 4.79 Å². The number of benzene rings is 2. The van der Waals surface area contributed by atoms with E-state index < -0.39 is 5.97 Å². The summed E-state index contributed by atoms with van der Waals surface area (Å²) in [6.45, 7) is 3.16. The highest BCUT2D eigenvalue weighted by atomic mass is 16.5. The quantitative estimate of drug-likeness (QED) is 0.500. The lowest BCUT2D eigenvalue weighted by Gasteiger charge is -1.99. The molecule has 5 heteroatoms. The van der Waals surface area contributed by atoms with Gasteiger partial charge < -0.3 is 15.2 Å². The predicted molar refractivity (Wildman–Crippen MR) is 104 cm³/mol. The Hall–Kier alpha value is -3.08. The molecule has 2 N–H and O–H groups in total. The number of hydrogen-bond donors (Lipinski definition) is 1. The molecule has 0 amide bonds. The Bertz CT molecular complexity index is 627. The van der Waals surface area contributed by atoms with E-state index in [4.69, 9.17) is 5.73 Å². The summed E-state index contributed by atoms with van der Waals surface area (Å²) in [5.74, 6) is -0.522. The van der Waals surface area contributed by atoms with Crippen molar-refractivity contribution in [3.05, 3.63) is 78.9 Å². The first-order chi connectivity index (χ1) is 12.5. The maximum absolute atomic E-state index is 10.8. The first-order valence-corrected chi connectivity index (χ1v) is 8.15. The van der Waals surface area contributed by atoms with Gasteiger partial charge in [-0.15, -0.1) is 0 Å². The number of anilines is 1. The van der Waals surface area contributed by atoms with Crippen molar-refractivity contribution in [1.29, 1.82) is 0 Å². The second-order valence-electron chi connectivity index (χ2n) is 5.05. The summed E-state index contributed by atoms with van der Waals surface area (Å²) in [7, 11) is 2.73. The number of esters is 2. The van der Waals surface area contributed by atoms with Crippen LogP contribution in [0.2, 0.25) is 0 Å². The second-order valence-corrected chi connectivity index (χ2v) is 5.05. The monoisotopic (exact) mass is 357 g/mol. The number of ether oxygens (including phenoxy) is 2. The summed E-state index contributed by atoms with van der Waals surface area (Å²) < 4.78 is 8.69. The fourth-order valence-corrected chi connectivity index (χ4v) is 1.72. The molecule has 2 aromatic carbocycles. The number of nitrogen functional groups attached to an aromatic ring is 1. The van der Waals surface area contributed by atoms with E-state index in [0.717, 1.165) is 24.6 Å². The highest BCUT2D eigenvalue weighted by Gasteiger charge is 1.99. The zero-order valence-corrected chi connectivity index (χ0v) is 15.4. The molecular formula is C21H27NO4. The van der Waals surface area contributed by atoms with Crippen LogP contribution in [0.25, 0.3) is 0 Å². The lowest BCUT2D eigenvalue weighted by atomic mass is 10.1. The molecule has 26 heavy (non-hydrogen) atoms. The van der Waals surface area contributed by atoms with Crippen molar-refractivity contribution in [1.82, 2.24) is 0 Å². The molecule has 2 aromatic rings. The topological polar surface area (TPSA) is 78.6 Å². The maximum atomic E-state index is 10.8. The number of para-hydroxylation sites is 1. The normalized spacial score (nSPS) is 8.69. The molecule has 2 rings (SSSR count). The van der Waals surface area contributed by atoms with Gasteiger partial charge in [-0.25, -0.2) is 4.79 Å². The number of hydrogen-bond acceptors (Lipinski definition) is 5. The lowest BCUT2D eigenvalue weighted by molar-refractivity contribution is -0.140. The fourth-order valence-electron chi connectivity index (χ4n) is 1.72. The molecule has 0 heterocycles. The molecule has 0 aliphatic carbocycles. The van der Waals surface area contributed by atoms with Gasteiger partial charge in [-0.1, -0.05) is 55.1 Å². The van der Waals surface area contributed by atoms with Crippen LogP contribution in [-0.4, -0.2) is 26.2 Å². The van der Waals surface area contributed by atoms with Gasteiger partial charge in [-0.2, -0.15) is 0 Å². The molecule has 0 radical (unpaired) electrons. The third-order valence-corrected chi connectivity index (χ3v) is 3.08. The zero-order valence-electron chi connectivity index (χ0n) is 15.4. The Morgan fingerprint density at radius 2 is 1.50 bits per heavy atom. The number of methoxy groups -OCH3 is 2. The maximum Gasteiger partial charge on any atom is 0.329 e. The van der Waals surface area contributed by atoms with Gasteiger partial charge in [0, 0.05) is 18.2 Å². The average Bonchev–Trinajstić information content (AvgIpc) is 2.69. The summed E-state index contributed by atoms with van der Waals surface area (Å²) in [5, 5.41) is 0. The minimum Gasteiger partial charge on any atom is -0.469 e. The van der Waals surface area contributed by atoms with Crippen molar-refractivity contribution in [3.8, 4) is 0 Å². The molecule has 0 atom stereocenters. The molecule has 0 unspecified atom stereocenters. The van der Waals surface area contributed by atoms with E-state index in [1.54, 1.807) is 0 Å². The van der Waals surface area contributed by atoms with Crippen LogP contribution >= 0.6 is 0 Å². The molecule has 5 nitrogen and oxygen atoms in total. The minimum atomic E-state index is -0.394. The number of carbonyl (C=O) groups excluding carboxylic acids is 2. The van der Waals surface area contributed by atoms with E-state index in [1.807, 2.05) is 48.5 Å². The van der Waals surface area contributed by atoms with Gasteiger partial charge in [0.1, 0.15) is 0 Å². The molecule has 0 fully saturated rings. The Labute approximate surface area is 155 Å². The predicted octanol–water partition coefficient (Wildman–Crippen LogP) is 3.80. The van der Waals surface area contributed by atoms with Gasteiger partial charge in [0.15, 0.2) is 0 Å². The van der Waals surface area contributed by atoms with E-state index in [0.29, 0.717) is 6.42 Å². The van der Waals surface area contributed by atoms with E-state index in [9.17, 15) is 9.59 Å². The van der Waals surface area contributed by atoms with Crippen LogP contribution < -0.4 is 5.73 Å². The Balaban J connectivity index is 0.000000405. The van der Waals surface area contributed by atoms with Crippen LogP contribution in [0.4, 0.5) is 5.69 Å². The van der Waals surface area contributed by atoms with Crippen molar-refractivity contribution in [2.45, 2.75) is 19.3 Å². The SMILES string of the molecule is C=CC(=O)OC.COC(=O)CCCc1ccccc1.Nc1ccccc1. The third-order valence-electron chi connectivity index (χ3n) is 3.08. The van der Waals surface area contributed by atoms with Crippen LogP contribution in [0.3, 0.4) is 0 Å². The molecule has 0 saturated heterocycles. The van der Waals surface area contributed by atoms with Crippen LogP contribution in [0.1, 0.15) is 18.4 Å². The Morgan fingerprint density at radius 1 is 0.962 bits per heavy atom. The molecule has 0 bridgehead atoms. The smallest absolute Gasteiger partial charge is 0.329 e. The summed E-state index contributed by atoms with van der Waals surface area (Å²) in [5.41, 5.74) is 7.45. The summed E-state index contributed by atoms with van der Waals surface area (Å²) in [6, 6.07) is 19.6. The van der Waals surface area contributed by atoms with Crippen molar-refractivity contribution in [2.24, 2.45) is 0 Å². The fraction of sp³-hybridized carbons (Fsp3) is 0.238. The molecule has 0 aliphatic rings. The van der Waals surface area contributed by atoms with Crippen LogP contribution in [0.15, 0.2) is 73.3 Å². The lowest BCUT2D eigenvalue weighted by Crippen LogP contribution is -2.00. The van der Waals surface area contributed by atoms with Crippen LogP contribution in [0.5, 0.6) is 0 Å². The first-order valence-electron chi connectivity index (χ1n) is 8.15. The minimum absolute atomic E-state index is 0.129. The van der Waals surface area contributed by atoms with Crippen LogP contribution in [0, 0.1) is 0 Å². The number of aryl methyl sites for hydroxylation is 1. The van der Waals surface area contributed by atoms with Crippen molar-refractivity contribution >= 4 is 17.6 Å². The van der Waals surface area contributed by atoms with Gasteiger partial charge in [0.05, 0.1) is 14.2 Å². The Kier molecular flexibility index (Phi) is 13.6. The van der Waals surface area contributed by atoms with Crippen molar-refractivity contribution < 1.29 is 19.1 Å². The van der Waals surface area contributed by atoms with E-state index in [-0.39, 0.29) is 5.97 Å². The second kappa shape index (κ2) is 15.4. The highest BCUT2D eigenvalue weighted by molar-refractivity contribution is 5.80. The highest BCUT2D eigenvalue weighted by Crippen LogP contribution is 2.04. The number of carbonyl (C=O) groups is 2. The van der Waals surface area contributed by atoms with Gasteiger partial charge >= 0.3 is 11.9 Å². The largest absolute Gasteiger partial charge is 0.469 e. The van der Waals surface area contributed by atoms with E-state index in [2.05, 4.69) is 28.2 Å². The summed E-state index contributed by atoms with van der Waals surface area (Å²) in [4.78, 5) is 20.6. The van der Waals surface area contributed by atoms with Crippen LogP contribution in [-0.2, 0) is 25.5 Å². The molecule has 0 spiro atoms. The molecule has 0 aliphatic heterocycles. The summed E-state index contributed by atoms with van der Waals surface area (Å²) in [6.07, 6.45) is 3.41.